The number of nitrogens with zero attached hydrogens (tertiary/aromatic N) is 4. The van der Waals surface area contributed by atoms with Crippen LogP contribution in [0.25, 0.3) is 10.7 Å². The number of carbonyl (C=O) groups excluding carboxylic acids is 1. The first kappa shape index (κ1) is 17.7. The van der Waals surface area contributed by atoms with E-state index in [0.29, 0.717) is 5.75 Å². The maximum Gasteiger partial charge on any atom is 0.233 e. The molecule has 25 heavy (non-hydrogen) atoms. The van der Waals surface area contributed by atoms with Gasteiger partial charge in [-0.25, -0.2) is 0 Å². The first-order chi connectivity index (χ1) is 12.1. The molecule has 0 N–H and O–H groups in total. The van der Waals surface area contributed by atoms with Gasteiger partial charge in [0.2, 0.25) is 5.91 Å². The second-order valence-electron chi connectivity index (χ2n) is 5.72. The Balaban J connectivity index is 1.63. The highest BCUT2D eigenvalue weighted by atomic mass is 32.2. The standard InChI is InChI=1S/C18H20N4OS2/c1-13(14-8-5-4-6-9-14)21(2)16(23)12-25-18-20-19-17(22(18)3)15-10-7-11-24-15/h4-11,13H,12H2,1-3H3. The van der Waals surface area contributed by atoms with Crippen LogP contribution in [0.3, 0.4) is 0 Å². The van der Waals surface area contributed by atoms with Crippen molar-refractivity contribution in [3.8, 4) is 10.7 Å². The van der Waals surface area contributed by atoms with Crippen molar-refractivity contribution < 1.29 is 4.79 Å². The summed E-state index contributed by atoms with van der Waals surface area (Å²) < 4.78 is 1.93. The van der Waals surface area contributed by atoms with Crippen LogP contribution in [0.1, 0.15) is 18.5 Å². The summed E-state index contributed by atoms with van der Waals surface area (Å²) in [7, 11) is 3.77. The second kappa shape index (κ2) is 7.84. The fourth-order valence-electron chi connectivity index (χ4n) is 2.46. The molecular formula is C18H20N4OS2. The van der Waals surface area contributed by atoms with Crippen LogP contribution in [0.15, 0.2) is 53.0 Å². The van der Waals surface area contributed by atoms with E-state index in [1.54, 1.807) is 16.2 Å². The SMILES string of the molecule is CC(c1ccccc1)N(C)C(=O)CSc1nnc(-c2cccs2)n1C. The average Bonchev–Trinajstić information content (AvgIpc) is 3.29. The molecule has 5 nitrogen and oxygen atoms in total. The molecule has 0 radical (unpaired) electrons. The molecule has 130 valence electrons. The normalized spacial score (nSPS) is 12.1. The lowest BCUT2D eigenvalue weighted by atomic mass is 10.1. The van der Waals surface area contributed by atoms with E-state index in [-0.39, 0.29) is 11.9 Å². The average molecular weight is 373 g/mol. The summed E-state index contributed by atoms with van der Waals surface area (Å²) >= 11 is 3.04. The predicted molar refractivity (Wildman–Crippen MR) is 103 cm³/mol. The van der Waals surface area contributed by atoms with Crippen LogP contribution in [0.4, 0.5) is 0 Å². The number of amides is 1. The minimum Gasteiger partial charge on any atom is -0.338 e. The molecular weight excluding hydrogens is 352 g/mol. The monoisotopic (exact) mass is 372 g/mol. The van der Waals surface area contributed by atoms with Gasteiger partial charge in [0.25, 0.3) is 0 Å². The molecule has 0 bridgehead atoms. The maximum atomic E-state index is 12.5. The van der Waals surface area contributed by atoms with Crippen molar-refractivity contribution in [2.75, 3.05) is 12.8 Å². The third kappa shape index (κ3) is 3.93. The van der Waals surface area contributed by atoms with Gasteiger partial charge < -0.3 is 9.47 Å². The molecule has 0 saturated carbocycles. The highest BCUT2D eigenvalue weighted by Gasteiger charge is 2.19. The summed E-state index contributed by atoms with van der Waals surface area (Å²) in [6.45, 7) is 2.04. The van der Waals surface area contributed by atoms with E-state index in [1.807, 2.05) is 73.4 Å². The van der Waals surface area contributed by atoms with E-state index >= 15 is 0 Å². The van der Waals surface area contributed by atoms with Crippen LogP contribution < -0.4 is 0 Å². The summed E-state index contributed by atoms with van der Waals surface area (Å²) in [4.78, 5) is 15.4. The Morgan fingerprint density at radius 1 is 1.24 bits per heavy atom. The topological polar surface area (TPSA) is 51.0 Å². The molecule has 1 amide bonds. The van der Waals surface area contributed by atoms with E-state index in [4.69, 9.17) is 0 Å². The van der Waals surface area contributed by atoms with Crippen LogP contribution >= 0.6 is 23.1 Å². The highest BCUT2D eigenvalue weighted by Crippen LogP contribution is 2.26. The zero-order chi connectivity index (χ0) is 17.8. The van der Waals surface area contributed by atoms with Crippen molar-refractivity contribution in [2.45, 2.75) is 18.1 Å². The lowest BCUT2D eigenvalue weighted by Crippen LogP contribution is -2.31. The zero-order valence-corrected chi connectivity index (χ0v) is 16.0. The van der Waals surface area contributed by atoms with Crippen molar-refractivity contribution >= 4 is 29.0 Å². The van der Waals surface area contributed by atoms with Gasteiger partial charge in [-0.15, -0.1) is 21.5 Å². The van der Waals surface area contributed by atoms with Gasteiger partial charge >= 0.3 is 0 Å². The van der Waals surface area contributed by atoms with Crippen molar-refractivity contribution in [2.24, 2.45) is 7.05 Å². The van der Waals surface area contributed by atoms with Gasteiger partial charge in [-0.05, 0) is 23.9 Å². The number of carbonyl (C=O) groups is 1. The number of hydrogen-bond donors (Lipinski definition) is 0. The van der Waals surface area contributed by atoms with Gasteiger partial charge in [0.05, 0.1) is 16.7 Å². The quantitative estimate of drug-likeness (QED) is 0.617. The molecule has 7 heteroatoms. The fraction of sp³-hybridized carbons (Fsp3) is 0.278. The Labute approximate surface area is 155 Å². The summed E-state index contributed by atoms with van der Waals surface area (Å²) in [5.41, 5.74) is 1.13. The van der Waals surface area contributed by atoms with E-state index in [1.165, 1.54) is 11.8 Å². The van der Waals surface area contributed by atoms with Crippen molar-refractivity contribution in [3.63, 3.8) is 0 Å². The number of hydrogen-bond acceptors (Lipinski definition) is 5. The molecule has 0 aliphatic rings. The minimum absolute atomic E-state index is 0.0375. The Kier molecular flexibility index (Phi) is 5.55. The Morgan fingerprint density at radius 2 is 2.00 bits per heavy atom. The number of rotatable bonds is 6. The van der Waals surface area contributed by atoms with Crippen molar-refractivity contribution in [1.82, 2.24) is 19.7 Å². The maximum absolute atomic E-state index is 12.5. The molecule has 0 fully saturated rings. The minimum atomic E-state index is 0.0375. The van der Waals surface area contributed by atoms with Crippen LogP contribution in [-0.4, -0.2) is 38.4 Å². The lowest BCUT2D eigenvalue weighted by molar-refractivity contribution is -0.128. The Bertz CT molecular complexity index is 830. The van der Waals surface area contributed by atoms with Gasteiger partial charge in [-0.3, -0.25) is 4.79 Å². The van der Waals surface area contributed by atoms with E-state index in [0.717, 1.165) is 21.4 Å². The Hall–Kier alpha value is -2.12. The molecule has 1 aromatic carbocycles. The third-order valence-corrected chi connectivity index (χ3v) is 6.03. The van der Waals surface area contributed by atoms with Gasteiger partial charge in [-0.1, -0.05) is 48.2 Å². The molecule has 3 rings (SSSR count). The second-order valence-corrected chi connectivity index (χ2v) is 7.61. The van der Waals surface area contributed by atoms with E-state index in [2.05, 4.69) is 10.2 Å². The van der Waals surface area contributed by atoms with Crippen molar-refractivity contribution in [3.05, 3.63) is 53.4 Å². The van der Waals surface area contributed by atoms with Gasteiger partial charge in [-0.2, -0.15) is 0 Å². The fourth-order valence-corrected chi connectivity index (χ4v) is 4.04. The first-order valence-electron chi connectivity index (χ1n) is 7.94. The van der Waals surface area contributed by atoms with Crippen LogP contribution in [0.5, 0.6) is 0 Å². The molecule has 0 aliphatic carbocycles. The molecule has 3 aromatic rings. The summed E-state index contributed by atoms with van der Waals surface area (Å²) in [6, 6.07) is 14.1. The van der Waals surface area contributed by atoms with E-state index in [9.17, 15) is 4.79 Å². The molecule has 1 atom stereocenters. The predicted octanol–water partition coefficient (Wildman–Crippen LogP) is 3.86. The van der Waals surface area contributed by atoms with Gasteiger partial charge in [0.1, 0.15) is 0 Å². The summed E-state index contributed by atoms with van der Waals surface area (Å²) in [5, 5.41) is 11.2. The summed E-state index contributed by atoms with van der Waals surface area (Å²) in [5.74, 6) is 1.24. The number of aromatic nitrogens is 3. The van der Waals surface area contributed by atoms with Gasteiger partial charge in [0.15, 0.2) is 11.0 Å². The van der Waals surface area contributed by atoms with E-state index < -0.39 is 0 Å². The first-order valence-corrected chi connectivity index (χ1v) is 9.81. The molecule has 2 aromatic heterocycles. The van der Waals surface area contributed by atoms with Gasteiger partial charge in [0, 0.05) is 14.1 Å². The van der Waals surface area contributed by atoms with Crippen LogP contribution in [0.2, 0.25) is 0 Å². The molecule has 0 saturated heterocycles. The third-order valence-electron chi connectivity index (χ3n) is 4.16. The highest BCUT2D eigenvalue weighted by molar-refractivity contribution is 7.99. The Morgan fingerprint density at radius 3 is 2.68 bits per heavy atom. The number of thioether (sulfide) groups is 1. The smallest absolute Gasteiger partial charge is 0.233 e. The zero-order valence-electron chi connectivity index (χ0n) is 14.4. The largest absolute Gasteiger partial charge is 0.338 e. The lowest BCUT2D eigenvalue weighted by Gasteiger charge is -2.25. The van der Waals surface area contributed by atoms with Crippen LogP contribution in [-0.2, 0) is 11.8 Å². The molecule has 2 heterocycles. The molecule has 0 spiro atoms. The molecule has 0 aliphatic heterocycles. The number of benzene rings is 1. The number of thiophene rings is 1. The summed E-state index contributed by atoms with van der Waals surface area (Å²) in [6.07, 6.45) is 0. The molecule has 1 unspecified atom stereocenters. The van der Waals surface area contributed by atoms with Crippen LogP contribution in [0, 0.1) is 0 Å². The van der Waals surface area contributed by atoms with Crippen molar-refractivity contribution in [1.29, 1.82) is 0 Å².